The van der Waals surface area contributed by atoms with Crippen LogP contribution in [0.3, 0.4) is 0 Å². The SMILES string of the molecule is O=C1CCN(C(=O)C2CCN(S(=O)(=O)c3cccc(F)c3)CC2)CCCCCCN1. The summed E-state index contributed by atoms with van der Waals surface area (Å²) >= 11 is 0. The van der Waals surface area contributed by atoms with Crippen LogP contribution in [0, 0.1) is 11.7 Å². The third kappa shape index (κ3) is 5.78. The number of hydrogen-bond acceptors (Lipinski definition) is 4. The van der Waals surface area contributed by atoms with Gasteiger partial charge < -0.3 is 10.2 Å². The smallest absolute Gasteiger partial charge is 0.243 e. The van der Waals surface area contributed by atoms with E-state index in [4.69, 9.17) is 0 Å². The molecule has 30 heavy (non-hydrogen) atoms. The molecule has 2 fully saturated rings. The van der Waals surface area contributed by atoms with Crippen LogP contribution in [0.15, 0.2) is 29.2 Å². The van der Waals surface area contributed by atoms with Crippen molar-refractivity contribution in [3.05, 3.63) is 30.1 Å². The molecule has 0 saturated carbocycles. The van der Waals surface area contributed by atoms with Crippen LogP contribution in [-0.2, 0) is 19.6 Å². The fourth-order valence-electron chi connectivity index (χ4n) is 4.04. The van der Waals surface area contributed by atoms with E-state index in [0.717, 1.165) is 31.7 Å². The van der Waals surface area contributed by atoms with Gasteiger partial charge in [-0.1, -0.05) is 18.9 Å². The van der Waals surface area contributed by atoms with Crippen molar-refractivity contribution in [3.63, 3.8) is 0 Å². The highest BCUT2D eigenvalue weighted by Crippen LogP contribution is 2.26. The van der Waals surface area contributed by atoms with Gasteiger partial charge in [-0.05, 0) is 43.9 Å². The first-order chi connectivity index (χ1) is 14.4. The van der Waals surface area contributed by atoms with Crippen LogP contribution < -0.4 is 5.32 Å². The average molecular weight is 440 g/mol. The standard InChI is InChI=1S/C21H30FN3O4S/c22-18-6-5-7-19(16-18)30(28,29)25-14-8-17(9-15-25)21(27)24-12-4-2-1-3-11-23-20(26)10-13-24/h5-7,16-17H,1-4,8-15H2,(H,23,26). The summed E-state index contributed by atoms with van der Waals surface area (Å²) in [5.74, 6) is -0.877. The van der Waals surface area contributed by atoms with Crippen LogP contribution in [0.2, 0.25) is 0 Å². The van der Waals surface area contributed by atoms with Crippen molar-refractivity contribution in [2.45, 2.75) is 49.8 Å². The highest BCUT2D eigenvalue weighted by molar-refractivity contribution is 7.89. The minimum Gasteiger partial charge on any atom is -0.356 e. The van der Waals surface area contributed by atoms with Gasteiger partial charge in [0, 0.05) is 45.1 Å². The molecule has 0 atom stereocenters. The third-order valence-corrected chi connectivity index (χ3v) is 7.73. The summed E-state index contributed by atoms with van der Waals surface area (Å²) < 4.78 is 40.3. The third-order valence-electron chi connectivity index (χ3n) is 5.83. The highest BCUT2D eigenvalue weighted by Gasteiger charge is 2.34. The molecule has 9 heteroatoms. The van der Waals surface area contributed by atoms with Gasteiger partial charge in [0.2, 0.25) is 21.8 Å². The molecule has 7 nitrogen and oxygen atoms in total. The Kier molecular flexibility index (Phi) is 7.82. The van der Waals surface area contributed by atoms with Gasteiger partial charge in [-0.25, -0.2) is 12.8 Å². The van der Waals surface area contributed by atoms with Crippen molar-refractivity contribution in [3.8, 4) is 0 Å². The Morgan fingerprint density at radius 2 is 1.77 bits per heavy atom. The van der Waals surface area contributed by atoms with E-state index in [1.807, 2.05) is 0 Å². The molecule has 1 N–H and O–H groups in total. The maximum Gasteiger partial charge on any atom is 0.243 e. The molecule has 2 saturated heterocycles. The summed E-state index contributed by atoms with van der Waals surface area (Å²) in [6.45, 7) is 2.17. The first-order valence-corrected chi connectivity index (χ1v) is 12.1. The zero-order valence-electron chi connectivity index (χ0n) is 17.2. The molecule has 0 spiro atoms. The van der Waals surface area contributed by atoms with Gasteiger partial charge in [0.1, 0.15) is 5.82 Å². The zero-order chi connectivity index (χ0) is 21.6. The Morgan fingerprint density at radius 3 is 2.50 bits per heavy atom. The van der Waals surface area contributed by atoms with Gasteiger partial charge in [-0.2, -0.15) is 4.31 Å². The first-order valence-electron chi connectivity index (χ1n) is 10.7. The van der Waals surface area contributed by atoms with Gasteiger partial charge in [-0.3, -0.25) is 9.59 Å². The average Bonchev–Trinajstić information content (AvgIpc) is 2.79. The van der Waals surface area contributed by atoms with Crippen LogP contribution in [-0.4, -0.2) is 62.2 Å². The predicted octanol–water partition coefficient (Wildman–Crippen LogP) is 2.14. The number of carbonyl (C=O) groups is 2. The second-order valence-corrected chi connectivity index (χ2v) is 9.91. The molecule has 3 rings (SSSR count). The van der Waals surface area contributed by atoms with Crippen molar-refractivity contribution < 1.29 is 22.4 Å². The number of nitrogens with zero attached hydrogens (tertiary/aromatic N) is 2. The molecular formula is C21H30FN3O4S. The molecule has 2 amide bonds. The van der Waals surface area contributed by atoms with E-state index in [-0.39, 0.29) is 35.7 Å². The summed E-state index contributed by atoms with van der Waals surface area (Å²) in [6, 6.07) is 4.99. The number of benzene rings is 1. The maximum atomic E-state index is 13.4. The lowest BCUT2D eigenvalue weighted by Crippen LogP contribution is -2.45. The quantitative estimate of drug-likeness (QED) is 0.782. The van der Waals surface area contributed by atoms with Crippen LogP contribution >= 0.6 is 0 Å². The van der Waals surface area contributed by atoms with Crippen molar-refractivity contribution >= 4 is 21.8 Å². The molecule has 0 unspecified atom stereocenters. The normalized spacial score (nSPS) is 21.0. The molecule has 0 bridgehead atoms. The van der Waals surface area contributed by atoms with E-state index in [9.17, 15) is 22.4 Å². The van der Waals surface area contributed by atoms with Gasteiger partial charge >= 0.3 is 0 Å². The van der Waals surface area contributed by atoms with Crippen molar-refractivity contribution in [2.75, 3.05) is 32.7 Å². The van der Waals surface area contributed by atoms with Gasteiger partial charge in [0.25, 0.3) is 0 Å². The topological polar surface area (TPSA) is 86.8 Å². The summed E-state index contributed by atoms with van der Waals surface area (Å²) in [5.41, 5.74) is 0. The number of piperidine rings is 1. The van der Waals surface area contributed by atoms with Crippen LogP contribution in [0.25, 0.3) is 0 Å². The van der Waals surface area contributed by atoms with Crippen molar-refractivity contribution in [1.82, 2.24) is 14.5 Å². The minimum absolute atomic E-state index is 0.00449. The van der Waals surface area contributed by atoms with Crippen LogP contribution in [0.5, 0.6) is 0 Å². The van der Waals surface area contributed by atoms with Crippen molar-refractivity contribution in [2.24, 2.45) is 5.92 Å². The number of sulfonamides is 1. The molecule has 1 aromatic rings. The Balaban J connectivity index is 1.60. The summed E-state index contributed by atoms with van der Waals surface area (Å²) in [7, 11) is -3.77. The highest BCUT2D eigenvalue weighted by atomic mass is 32.2. The molecule has 2 heterocycles. The number of carbonyl (C=O) groups excluding carboxylic acids is 2. The maximum absolute atomic E-state index is 13.4. The minimum atomic E-state index is -3.77. The Hall–Kier alpha value is -2.00. The number of amides is 2. The fourth-order valence-corrected chi connectivity index (χ4v) is 5.55. The zero-order valence-corrected chi connectivity index (χ0v) is 18.0. The Bertz CT molecular complexity index is 854. The molecule has 0 aromatic heterocycles. The molecule has 2 aliphatic rings. The van der Waals surface area contributed by atoms with E-state index in [0.29, 0.717) is 38.9 Å². The first kappa shape index (κ1) is 22.7. The van der Waals surface area contributed by atoms with Gasteiger partial charge in [0.15, 0.2) is 0 Å². The second-order valence-electron chi connectivity index (χ2n) is 7.98. The lowest BCUT2D eigenvalue weighted by molar-refractivity contribution is -0.137. The monoisotopic (exact) mass is 439 g/mol. The second kappa shape index (κ2) is 10.3. The molecular weight excluding hydrogens is 409 g/mol. The summed E-state index contributed by atoms with van der Waals surface area (Å²) in [5, 5.41) is 2.88. The van der Waals surface area contributed by atoms with Crippen LogP contribution in [0.4, 0.5) is 4.39 Å². The van der Waals surface area contributed by atoms with Gasteiger partial charge in [0.05, 0.1) is 4.90 Å². The molecule has 2 aliphatic heterocycles. The van der Waals surface area contributed by atoms with E-state index in [2.05, 4.69) is 5.32 Å². The Morgan fingerprint density at radius 1 is 1.03 bits per heavy atom. The molecule has 166 valence electrons. The van der Waals surface area contributed by atoms with Gasteiger partial charge in [-0.15, -0.1) is 0 Å². The largest absolute Gasteiger partial charge is 0.356 e. The summed E-state index contributed by atoms with van der Waals surface area (Å²) in [6.07, 6.45) is 5.05. The predicted molar refractivity (Wildman–Crippen MR) is 111 cm³/mol. The molecule has 0 radical (unpaired) electrons. The molecule has 0 aliphatic carbocycles. The van der Waals surface area contributed by atoms with E-state index in [1.54, 1.807) is 4.90 Å². The van der Waals surface area contributed by atoms with E-state index < -0.39 is 15.8 Å². The van der Waals surface area contributed by atoms with E-state index >= 15 is 0 Å². The fraction of sp³-hybridized carbons (Fsp3) is 0.619. The lowest BCUT2D eigenvalue weighted by Gasteiger charge is -2.33. The van der Waals surface area contributed by atoms with Crippen molar-refractivity contribution in [1.29, 1.82) is 0 Å². The molecule has 1 aromatic carbocycles. The number of nitrogens with one attached hydrogen (secondary N) is 1. The summed E-state index contributed by atoms with van der Waals surface area (Å²) in [4.78, 5) is 26.7. The number of rotatable bonds is 3. The number of hydrogen-bond donors (Lipinski definition) is 1. The van der Waals surface area contributed by atoms with E-state index in [1.165, 1.54) is 22.5 Å². The lowest BCUT2D eigenvalue weighted by atomic mass is 9.96. The Labute approximate surface area is 177 Å². The number of halogens is 1. The van der Waals surface area contributed by atoms with Crippen LogP contribution in [0.1, 0.15) is 44.9 Å².